The van der Waals surface area contributed by atoms with E-state index in [1.165, 1.54) is 5.57 Å². The summed E-state index contributed by atoms with van der Waals surface area (Å²) < 4.78 is 0. The average Bonchev–Trinajstić information content (AvgIpc) is 2.91. The fourth-order valence-corrected chi connectivity index (χ4v) is 4.40. The number of aliphatic hydroxyl groups is 1. The molecule has 0 aromatic carbocycles. The van der Waals surface area contributed by atoms with Crippen LogP contribution >= 0.6 is 0 Å². The zero-order chi connectivity index (χ0) is 15.8. The third-order valence-corrected chi connectivity index (χ3v) is 5.28. The van der Waals surface area contributed by atoms with E-state index in [9.17, 15) is 9.90 Å². The highest BCUT2D eigenvalue weighted by Crippen LogP contribution is 2.42. The zero-order valence-electron chi connectivity index (χ0n) is 13.3. The fourth-order valence-electron chi connectivity index (χ4n) is 4.40. The van der Waals surface area contributed by atoms with Gasteiger partial charge in [-0.3, -0.25) is 10.1 Å². The maximum Gasteiger partial charge on any atom is 0.237 e. The van der Waals surface area contributed by atoms with Crippen LogP contribution in [0.5, 0.6) is 0 Å². The first-order chi connectivity index (χ1) is 10.4. The Morgan fingerprint density at radius 1 is 1.59 bits per heavy atom. The van der Waals surface area contributed by atoms with Crippen LogP contribution in [-0.4, -0.2) is 46.2 Å². The van der Waals surface area contributed by atoms with Gasteiger partial charge in [0.05, 0.1) is 18.2 Å². The van der Waals surface area contributed by atoms with E-state index in [1.54, 1.807) is 4.90 Å². The highest BCUT2D eigenvalue weighted by atomic mass is 16.3. The predicted molar refractivity (Wildman–Crippen MR) is 82.9 cm³/mol. The van der Waals surface area contributed by atoms with E-state index in [2.05, 4.69) is 24.4 Å². The molecule has 2 aliphatic carbocycles. The molecule has 0 aromatic rings. The van der Waals surface area contributed by atoms with Crippen LogP contribution in [-0.2, 0) is 4.79 Å². The normalized spacial score (nSPS) is 37.6. The molecular weight excluding hydrogens is 278 g/mol. The van der Waals surface area contributed by atoms with E-state index in [1.807, 2.05) is 0 Å². The summed E-state index contributed by atoms with van der Waals surface area (Å²) in [6.45, 7) is 2.97. The van der Waals surface area contributed by atoms with Crippen LogP contribution in [0.4, 0.5) is 0 Å². The maximum absolute atomic E-state index is 12.4. The van der Waals surface area contributed by atoms with Crippen molar-refractivity contribution in [3.05, 3.63) is 11.6 Å². The summed E-state index contributed by atoms with van der Waals surface area (Å²) in [7, 11) is 0. The van der Waals surface area contributed by atoms with Gasteiger partial charge in [0, 0.05) is 12.1 Å². The van der Waals surface area contributed by atoms with E-state index in [-0.39, 0.29) is 24.0 Å². The molecule has 5 heteroatoms. The van der Waals surface area contributed by atoms with E-state index < -0.39 is 5.60 Å². The van der Waals surface area contributed by atoms with E-state index >= 15 is 0 Å². The standard InChI is InChI=1S/C17H25N3O2/c1-16(8-13-4-2-6-17(22,9-13)12-16)19-11-15(21)20-7-3-5-14(20)10-18/h8,14,19,22H,2-7,9,11-12H2,1H3/t14-,16?,17?/m0/s1. The van der Waals surface area contributed by atoms with Crippen molar-refractivity contribution < 1.29 is 9.90 Å². The van der Waals surface area contributed by atoms with Crippen LogP contribution < -0.4 is 5.32 Å². The van der Waals surface area contributed by atoms with E-state index in [0.717, 1.165) is 38.5 Å². The van der Waals surface area contributed by atoms with Crippen molar-refractivity contribution in [1.29, 1.82) is 5.26 Å². The Bertz CT molecular complexity index is 539. The van der Waals surface area contributed by atoms with Crippen LogP contribution in [0.1, 0.15) is 51.9 Å². The maximum atomic E-state index is 12.4. The number of fused-ring (bicyclic) bond motifs is 2. The first kappa shape index (κ1) is 15.5. The average molecular weight is 303 g/mol. The molecule has 22 heavy (non-hydrogen) atoms. The molecule has 0 radical (unpaired) electrons. The zero-order valence-corrected chi connectivity index (χ0v) is 13.3. The number of likely N-dealkylation sites (tertiary alicyclic amines) is 1. The lowest BCUT2D eigenvalue weighted by Gasteiger charge is -2.45. The lowest BCUT2D eigenvalue weighted by Crippen LogP contribution is -2.54. The van der Waals surface area contributed by atoms with Gasteiger partial charge in [0.2, 0.25) is 5.91 Å². The molecule has 1 amide bonds. The number of amides is 1. The molecule has 1 saturated carbocycles. The second kappa shape index (κ2) is 5.68. The summed E-state index contributed by atoms with van der Waals surface area (Å²) in [6, 6.07) is 1.94. The molecule has 1 saturated heterocycles. The summed E-state index contributed by atoms with van der Waals surface area (Å²) in [5.74, 6) is -0.00797. The lowest BCUT2D eigenvalue weighted by molar-refractivity contribution is -0.130. The van der Waals surface area contributed by atoms with Gasteiger partial charge in [-0.25, -0.2) is 0 Å². The van der Waals surface area contributed by atoms with Crippen molar-refractivity contribution in [2.45, 2.75) is 69.1 Å². The molecule has 2 N–H and O–H groups in total. The molecule has 2 bridgehead atoms. The van der Waals surface area contributed by atoms with Crippen LogP contribution in [0, 0.1) is 11.3 Å². The minimum Gasteiger partial charge on any atom is -0.389 e. The second-order valence-corrected chi connectivity index (χ2v) is 7.38. The molecule has 1 heterocycles. The first-order valence-electron chi connectivity index (χ1n) is 8.30. The summed E-state index contributed by atoms with van der Waals surface area (Å²) in [5.41, 5.74) is 0.356. The van der Waals surface area contributed by atoms with Crippen molar-refractivity contribution in [1.82, 2.24) is 10.2 Å². The Kier molecular flexibility index (Phi) is 4.00. The number of nitriles is 1. The van der Waals surface area contributed by atoms with Crippen LogP contribution in [0.25, 0.3) is 0 Å². The molecule has 0 aromatic heterocycles. The number of nitrogens with zero attached hydrogens (tertiary/aromatic N) is 2. The van der Waals surface area contributed by atoms with Crippen LogP contribution in [0.3, 0.4) is 0 Å². The molecule has 3 aliphatic rings. The SMILES string of the molecule is CC1(NCC(=O)N2CCC[C@H]2C#N)C=C2CCCC(O)(C2)C1. The molecular formula is C17H25N3O2. The molecule has 1 aliphatic heterocycles. The van der Waals surface area contributed by atoms with Gasteiger partial charge in [0.25, 0.3) is 0 Å². The number of nitrogens with one attached hydrogen (secondary N) is 1. The lowest BCUT2D eigenvalue weighted by atomic mass is 9.68. The topological polar surface area (TPSA) is 76.4 Å². The van der Waals surface area contributed by atoms with Gasteiger partial charge in [-0.05, 0) is 51.9 Å². The minimum absolute atomic E-state index is 0.00797. The highest BCUT2D eigenvalue weighted by Gasteiger charge is 2.43. The number of carbonyl (C=O) groups is 1. The molecule has 120 valence electrons. The van der Waals surface area contributed by atoms with Crippen molar-refractivity contribution in [2.24, 2.45) is 0 Å². The number of hydrogen-bond acceptors (Lipinski definition) is 4. The van der Waals surface area contributed by atoms with Gasteiger partial charge < -0.3 is 10.0 Å². The quantitative estimate of drug-likeness (QED) is 0.774. The second-order valence-electron chi connectivity index (χ2n) is 7.38. The smallest absolute Gasteiger partial charge is 0.237 e. The molecule has 3 atom stereocenters. The first-order valence-corrected chi connectivity index (χ1v) is 8.30. The van der Waals surface area contributed by atoms with Gasteiger partial charge in [-0.1, -0.05) is 11.6 Å². The number of rotatable bonds is 3. The summed E-state index contributed by atoms with van der Waals surface area (Å²) in [6.07, 6.45) is 8.27. The van der Waals surface area contributed by atoms with Gasteiger partial charge in [0.1, 0.15) is 6.04 Å². The Balaban J connectivity index is 1.63. The van der Waals surface area contributed by atoms with Crippen molar-refractivity contribution in [3.63, 3.8) is 0 Å². The van der Waals surface area contributed by atoms with Crippen LogP contribution in [0.2, 0.25) is 0 Å². The molecule has 2 unspecified atom stereocenters. The molecule has 2 fully saturated rings. The van der Waals surface area contributed by atoms with Crippen molar-refractivity contribution >= 4 is 5.91 Å². The predicted octanol–water partition coefficient (Wildman–Crippen LogP) is 1.48. The summed E-state index contributed by atoms with van der Waals surface area (Å²) in [5, 5.41) is 23.1. The third-order valence-electron chi connectivity index (χ3n) is 5.28. The van der Waals surface area contributed by atoms with E-state index in [4.69, 9.17) is 5.26 Å². The van der Waals surface area contributed by atoms with Crippen molar-refractivity contribution in [2.75, 3.05) is 13.1 Å². The van der Waals surface area contributed by atoms with Crippen LogP contribution in [0.15, 0.2) is 11.6 Å². The third kappa shape index (κ3) is 3.04. The van der Waals surface area contributed by atoms with Gasteiger partial charge in [0.15, 0.2) is 0 Å². The Labute approximate surface area is 132 Å². The van der Waals surface area contributed by atoms with Gasteiger partial charge >= 0.3 is 0 Å². The summed E-state index contributed by atoms with van der Waals surface area (Å²) >= 11 is 0. The van der Waals surface area contributed by atoms with Gasteiger partial charge in [-0.15, -0.1) is 0 Å². The number of carbonyl (C=O) groups excluding carboxylic acids is 1. The molecule has 5 nitrogen and oxygen atoms in total. The Morgan fingerprint density at radius 2 is 2.41 bits per heavy atom. The highest BCUT2D eigenvalue weighted by molar-refractivity contribution is 5.79. The monoisotopic (exact) mass is 303 g/mol. The summed E-state index contributed by atoms with van der Waals surface area (Å²) in [4.78, 5) is 14.0. The largest absolute Gasteiger partial charge is 0.389 e. The fraction of sp³-hybridized carbons (Fsp3) is 0.765. The van der Waals surface area contributed by atoms with E-state index in [0.29, 0.717) is 13.0 Å². The Morgan fingerprint density at radius 3 is 3.14 bits per heavy atom. The molecule has 3 rings (SSSR count). The minimum atomic E-state index is -0.615. The van der Waals surface area contributed by atoms with Crippen molar-refractivity contribution in [3.8, 4) is 6.07 Å². The van der Waals surface area contributed by atoms with Gasteiger partial charge in [-0.2, -0.15) is 5.26 Å². The molecule has 0 spiro atoms. The Hall–Kier alpha value is -1.38. The number of hydrogen-bond donors (Lipinski definition) is 2.